The molecular weight excluding hydrogens is 252 g/mol. The zero-order chi connectivity index (χ0) is 13.8. The summed E-state index contributed by atoms with van der Waals surface area (Å²) in [6, 6.07) is 4.37. The Morgan fingerprint density at radius 2 is 2.06 bits per heavy atom. The van der Waals surface area contributed by atoms with Gasteiger partial charge in [-0.05, 0) is 38.5 Å². The van der Waals surface area contributed by atoms with E-state index in [9.17, 15) is 8.42 Å². The molecule has 1 unspecified atom stereocenters. The molecule has 18 heavy (non-hydrogen) atoms. The van der Waals surface area contributed by atoms with Crippen molar-refractivity contribution in [1.29, 1.82) is 0 Å². The quantitative estimate of drug-likeness (QED) is 0.773. The van der Waals surface area contributed by atoms with Crippen LogP contribution in [0.1, 0.15) is 27.2 Å². The van der Waals surface area contributed by atoms with Gasteiger partial charge in [-0.2, -0.15) is 0 Å². The lowest BCUT2D eigenvalue weighted by molar-refractivity contribution is 0.342. The van der Waals surface area contributed by atoms with Crippen molar-refractivity contribution in [3.63, 3.8) is 0 Å². The lowest BCUT2D eigenvalue weighted by Gasteiger charge is -2.13. The van der Waals surface area contributed by atoms with Crippen LogP contribution in [0.4, 0.5) is 5.69 Å². The Hall–Kier alpha value is -1.27. The summed E-state index contributed by atoms with van der Waals surface area (Å²) in [5.74, 6) is 0.500. The van der Waals surface area contributed by atoms with E-state index >= 15 is 0 Å². The van der Waals surface area contributed by atoms with Crippen molar-refractivity contribution < 1.29 is 13.2 Å². The molecule has 0 aliphatic heterocycles. The van der Waals surface area contributed by atoms with Crippen LogP contribution in [0, 0.1) is 0 Å². The van der Waals surface area contributed by atoms with Gasteiger partial charge in [0, 0.05) is 6.04 Å². The second-order valence-corrected chi connectivity index (χ2v) is 5.78. The Labute approximate surface area is 108 Å². The fraction of sp³-hybridized carbons (Fsp3) is 0.500. The van der Waals surface area contributed by atoms with E-state index < -0.39 is 10.0 Å². The van der Waals surface area contributed by atoms with Gasteiger partial charge in [-0.3, -0.25) is 0 Å². The number of anilines is 1. The number of nitrogens with one attached hydrogen (secondary N) is 1. The van der Waals surface area contributed by atoms with Crippen LogP contribution in [-0.2, 0) is 10.0 Å². The van der Waals surface area contributed by atoms with Crippen LogP contribution in [0.2, 0.25) is 0 Å². The van der Waals surface area contributed by atoms with Crippen molar-refractivity contribution in [2.75, 3.05) is 12.3 Å². The lowest BCUT2D eigenvalue weighted by atomic mass is 10.3. The molecule has 0 saturated heterocycles. The van der Waals surface area contributed by atoms with E-state index in [0.29, 0.717) is 18.0 Å². The summed E-state index contributed by atoms with van der Waals surface area (Å²) >= 11 is 0. The molecular formula is C12H20N2O3S. The second-order valence-electron chi connectivity index (χ2n) is 4.06. The molecule has 1 atom stereocenters. The summed E-state index contributed by atoms with van der Waals surface area (Å²) in [5, 5.41) is 0. The van der Waals surface area contributed by atoms with Gasteiger partial charge >= 0.3 is 0 Å². The first-order valence-electron chi connectivity index (χ1n) is 5.95. The number of nitrogen functional groups attached to an aromatic ring is 1. The molecule has 0 bridgehead atoms. The predicted molar refractivity (Wildman–Crippen MR) is 72.1 cm³/mol. The molecule has 1 rings (SSSR count). The monoisotopic (exact) mass is 272 g/mol. The first-order valence-corrected chi connectivity index (χ1v) is 7.43. The Morgan fingerprint density at radius 1 is 1.39 bits per heavy atom. The highest BCUT2D eigenvalue weighted by atomic mass is 32.2. The van der Waals surface area contributed by atoms with Crippen molar-refractivity contribution >= 4 is 15.7 Å². The number of sulfonamides is 1. The van der Waals surface area contributed by atoms with E-state index in [4.69, 9.17) is 10.5 Å². The van der Waals surface area contributed by atoms with Gasteiger partial charge in [0.25, 0.3) is 0 Å². The molecule has 0 saturated carbocycles. The van der Waals surface area contributed by atoms with E-state index in [1.807, 2.05) is 20.8 Å². The third kappa shape index (κ3) is 3.61. The molecule has 0 heterocycles. The van der Waals surface area contributed by atoms with Gasteiger partial charge in [0.15, 0.2) is 0 Å². The number of benzene rings is 1. The maximum Gasteiger partial charge on any atom is 0.240 e. The fourth-order valence-electron chi connectivity index (χ4n) is 1.40. The summed E-state index contributed by atoms with van der Waals surface area (Å²) < 4.78 is 31.9. The van der Waals surface area contributed by atoms with Crippen LogP contribution in [0.25, 0.3) is 0 Å². The van der Waals surface area contributed by atoms with Crippen molar-refractivity contribution in [2.24, 2.45) is 0 Å². The number of hydrogen-bond acceptors (Lipinski definition) is 4. The maximum atomic E-state index is 12.0. The van der Waals surface area contributed by atoms with Gasteiger partial charge in [-0.25, -0.2) is 13.1 Å². The number of nitrogens with two attached hydrogens (primary N) is 1. The van der Waals surface area contributed by atoms with E-state index in [1.54, 1.807) is 6.07 Å². The van der Waals surface area contributed by atoms with Gasteiger partial charge in [0.05, 0.1) is 17.2 Å². The molecule has 1 aromatic rings. The zero-order valence-electron chi connectivity index (χ0n) is 10.9. The lowest BCUT2D eigenvalue weighted by Crippen LogP contribution is -2.32. The van der Waals surface area contributed by atoms with Gasteiger partial charge in [-0.15, -0.1) is 0 Å². The normalized spacial score (nSPS) is 13.3. The molecule has 0 aliphatic rings. The second kappa shape index (κ2) is 6.06. The van der Waals surface area contributed by atoms with Crippen LogP contribution in [0.5, 0.6) is 5.75 Å². The van der Waals surface area contributed by atoms with Crippen LogP contribution in [-0.4, -0.2) is 21.1 Å². The summed E-state index contributed by atoms with van der Waals surface area (Å²) in [7, 11) is -3.51. The Bertz CT molecular complexity index is 500. The molecule has 0 spiro atoms. The number of rotatable bonds is 6. The molecule has 0 fully saturated rings. The average molecular weight is 272 g/mol. The fourth-order valence-corrected chi connectivity index (χ4v) is 2.76. The van der Waals surface area contributed by atoms with Crippen LogP contribution >= 0.6 is 0 Å². The highest BCUT2D eigenvalue weighted by Crippen LogP contribution is 2.24. The standard InChI is InChI=1S/C12H20N2O3S/c1-4-9(3)14-18(15,16)10-6-7-12(17-5-2)11(13)8-10/h6-9,14H,4-5,13H2,1-3H3. The topological polar surface area (TPSA) is 81.4 Å². The molecule has 0 amide bonds. The summed E-state index contributed by atoms with van der Waals surface area (Å²) in [6.07, 6.45) is 0.728. The minimum absolute atomic E-state index is 0.109. The summed E-state index contributed by atoms with van der Waals surface area (Å²) in [6.45, 7) is 6.06. The first kappa shape index (κ1) is 14.8. The molecule has 102 valence electrons. The molecule has 1 aromatic carbocycles. The zero-order valence-corrected chi connectivity index (χ0v) is 11.8. The SMILES string of the molecule is CCOc1ccc(S(=O)(=O)NC(C)CC)cc1N. The summed E-state index contributed by atoms with van der Waals surface area (Å²) in [4.78, 5) is 0.156. The Kier molecular flexibility index (Phi) is 4.98. The average Bonchev–Trinajstić information content (AvgIpc) is 2.31. The van der Waals surface area contributed by atoms with Gasteiger partial charge in [-0.1, -0.05) is 6.92 Å². The van der Waals surface area contributed by atoms with Crippen molar-refractivity contribution in [2.45, 2.75) is 38.1 Å². The van der Waals surface area contributed by atoms with Gasteiger partial charge in [0.2, 0.25) is 10.0 Å². The number of ether oxygens (including phenoxy) is 1. The summed E-state index contributed by atoms with van der Waals surface area (Å²) in [5.41, 5.74) is 6.07. The van der Waals surface area contributed by atoms with Gasteiger partial charge in [0.1, 0.15) is 5.75 Å². The third-order valence-corrected chi connectivity index (χ3v) is 4.15. The maximum absolute atomic E-state index is 12.0. The molecule has 0 radical (unpaired) electrons. The smallest absolute Gasteiger partial charge is 0.240 e. The van der Waals surface area contributed by atoms with Crippen LogP contribution in [0.3, 0.4) is 0 Å². The largest absolute Gasteiger partial charge is 0.492 e. The van der Waals surface area contributed by atoms with Crippen LogP contribution in [0.15, 0.2) is 23.1 Å². The van der Waals surface area contributed by atoms with Crippen molar-refractivity contribution in [3.05, 3.63) is 18.2 Å². The molecule has 5 nitrogen and oxygen atoms in total. The first-order chi connectivity index (χ1) is 8.40. The van der Waals surface area contributed by atoms with Crippen molar-refractivity contribution in [3.8, 4) is 5.75 Å². The minimum atomic E-state index is -3.51. The van der Waals surface area contributed by atoms with Crippen molar-refractivity contribution in [1.82, 2.24) is 4.72 Å². The Balaban J connectivity index is 3.00. The Morgan fingerprint density at radius 3 is 2.56 bits per heavy atom. The third-order valence-electron chi connectivity index (χ3n) is 2.56. The van der Waals surface area contributed by atoms with Crippen LogP contribution < -0.4 is 15.2 Å². The molecule has 6 heteroatoms. The van der Waals surface area contributed by atoms with E-state index in [2.05, 4.69) is 4.72 Å². The van der Waals surface area contributed by atoms with E-state index in [1.165, 1.54) is 12.1 Å². The highest BCUT2D eigenvalue weighted by molar-refractivity contribution is 7.89. The predicted octanol–water partition coefficient (Wildman–Crippen LogP) is 1.74. The molecule has 0 aliphatic carbocycles. The van der Waals surface area contributed by atoms with E-state index in [-0.39, 0.29) is 10.9 Å². The van der Waals surface area contributed by atoms with Gasteiger partial charge < -0.3 is 10.5 Å². The molecule has 0 aromatic heterocycles. The minimum Gasteiger partial charge on any atom is -0.492 e. The molecule has 3 N–H and O–H groups in total. The van der Waals surface area contributed by atoms with E-state index in [0.717, 1.165) is 6.42 Å². The highest BCUT2D eigenvalue weighted by Gasteiger charge is 2.17. The number of hydrogen-bond donors (Lipinski definition) is 2.